The SMILES string of the molecule is CSc1nc(N)cc(N2CCN(CC(C)C)CC2)n1. The molecular weight excluding hydrogens is 258 g/mol. The summed E-state index contributed by atoms with van der Waals surface area (Å²) < 4.78 is 0. The number of piperazine rings is 1. The van der Waals surface area contributed by atoms with E-state index in [9.17, 15) is 0 Å². The van der Waals surface area contributed by atoms with Gasteiger partial charge in [-0.2, -0.15) is 0 Å². The summed E-state index contributed by atoms with van der Waals surface area (Å²) >= 11 is 1.53. The fourth-order valence-electron chi connectivity index (χ4n) is 2.36. The molecule has 0 atom stereocenters. The molecule has 1 aliphatic heterocycles. The number of thioether (sulfide) groups is 1. The van der Waals surface area contributed by atoms with E-state index >= 15 is 0 Å². The first kappa shape index (κ1) is 14.4. The Bertz CT molecular complexity index is 415. The van der Waals surface area contributed by atoms with E-state index < -0.39 is 0 Å². The summed E-state index contributed by atoms with van der Waals surface area (Å²) in [5.41, 5.74) is 5.83. The van der Waals surface area contributed by atoms with Gasteiger partial charge in [-0.15, -0.1) is 0 Å². The molecular formula is C13H23N5S. The third kappa shape index (κ3) is 3.98. The average Bonchev–Trinajstić information content (AvgIpc) is 2.38. The maximum atomic E-state index is 5.83. The van der Waals surface area contributed by atoms with E-state index in [1.54, 1.807) is 0 Å². The number of hydrogen-bond donors (Lipinski definition) is 1. The average molecular weight is 281 g/mol. The minimum atomic E-state index is 0.555. The van der Waals surface area contributed by atoms with Gasteiger partial charge in [-0.3, -0.25) is 4.90 Å². The molecule has 5 nitrogen and oxygen atoms in total. The maximum Gasteiger partial charge on any atom is 0.191 e. The van der Waals surface area contributed by atoms with Gasteiger partial charge in [-0.05, 0) is 12.2 Å². The van der Waals surface area contributed by atoms with Crippen LogP contribution in [0.2, 0.25) is 0 Å². The summed E-state index contributed by atoms with van der Waals surface area (Å²) in [4.78, 5) is 13.6. The van der Waals surface area contributed by atoms with E-state index in [0.29, 0.717) is 5.82 Å². The molecule has 0 amide bonds. The Hall–Kier alpha value is -1.01. The maximum absolute atomic E-state index is 5.83. The smallest absolute Gasteiger partial charge is 0.191 e. The Labute approximate surface area is 119 Å². The van der Waals surface area contributed by atoms with Crippen LogP contribution in [0, 0.1) is 5.92 Å². The predicted molar refractivity (Wildman–Crippen MR) is 81.7 cm³/mol. The highest BCUT2D eigenvalue weighted by Gasteiger charge is 2.19. The van der Waals surface area contributed by atoms with Crippen LogP contribution in [0.1, 0.15) is 13.8 Å². The lowest BCUT2D eigenvalue weighted by molar-refractivity contribution is 0.231. The second-order valence-corrected chi connectivity index (χ2v) is 6.09. The highest BCUT2D eigenvalue weighted by molar-refractivity contribution is 7.98. The lowest BCUT2D eigenvalue weighted by atomic mass is 10.2. The van der Waals surface area contributed by atoms with E-state index in [-0.39, 0.29) is 0 Å². The molecule has 0 aliphatic carbocycles. The molecule has 2 rings (SSSR count). The number of anilines is 2. The summed E-state index contributed by atoms with van der Waals surface area (Å²) in [7, 11) is 0. The highest BCUT2D eigenvalue weighted by Crippen LogP contribution is 2.20. The molecule has 1 aromatic rings. The lowest BCUT2D eigenvalue weighted by Crippen LogP contribution is -2.47. The molecule has 0 bridgehead atoms. The van der Waals surface area contributed by atoms with Gasteiger partial charge in [0.05, 0.1) is 0 Å². The summed E-state index contributed by atoms with van der Waals surface area (Å²) in [6.07, 6.45) is 1.97. The van der Waals surface area contributed by atoms with Crippen LogP contribution < -0.4 is 10.6 Å². The fourth-order valence-corrected chi connectivity index (χ4v) is 2.74. The molecule has 106 valence electrons. The first-order chi connectivity index (χ1) is 9.08. The van der Waals surface area contributed by atoms with E-state index in [1.807, 2.05) is 12.3 Å². The molecule has 0 unspecified atom stereocenters. The standard InChI is InChI=1S/C13H23N5S/c1-10(2)9-17-4-6-18(7-5-17)12-8-11(14)15-13(16-12)19-3/h8,10H,4-7,9H2,1-3H3,(H2,14,15,16). The Morgan fingerprint density at radius 2 is 1.95 bits per heavy atom. The van der Waals surface area contributed by atoms with Crippen molar-refractivity contribution in [3.63, 3.8) is 0 Å². The van der Waals surface area contributed by atoms with Gasteiger partial charge in [0.25, 0.3) is 0 Å². The third-order valence-electron chi connectivity index (χ3n) is 3.21. The molecule has 1 saturated heterocycles. The van der Waals surface area contributed by atoms with Gasteiger partial charge in [0.1, 0.15) is 11.6 Å². The minimum absolute atomic E-state index is 0.555. The van der Waals surface area contributed by atoms with Crippen molar-refractivity contribution in [1.29, 1.82) is 0 Å². The monoisotopic (exact) mass is 281 g/mol. The van der Waals surface area contributed by atoms with Gasteiger partial charge in [0, 0.05) is 38.8 Å². The van der Waals surface area contributed by atoms with Crippen LogP contribution >= 0.6 is 11.8 Å². The third-order valence-corrected chi connectivity index (χ3v) is 3.76. The second-order valence-electron chi connectivity index (χ2n) is 5.32. The van der Waals surface area contributed by atoms with Gasteiger partial charge in [-0.1, -0.05) is 25.6 Å². The van der Waals surface area contributed by atoms with Crippen molar-refractivity contribution >= 4 is 23.4 Å². The molecule has 6 heteroatoms. The number of nitrogen functional groups attached to an aromatic ring is 1. The minimum Gasteiger partial charge on any atom is -0.383 e. The van der Waals surface area contributed by atoms with Gasteiger partial charge in [-0.25, -0.2) is 9.97 Å². The van der Waals surface area contributed by atoms with E-state index in [2.05, 4.69) is 33.6 Å². The normalized spacial score (nSPS) is 17.2. The number of rotatable bonds is 4. The first-order valence-corrected chi connectivity index (χ1v) is 7.97. The summed E-state index contributed by atoms with van der Waals surface area (Å²) in [5, 5.41) is 0.750. The van der Waals surface area contributed by atoms with Crippen LogP contribution in [0.5, 0.6) is 0 Å². The van der Waals surface area contributed by atoms with E-state index in [0.717, 1.165) is 43.1 Å². The van der Waals surface area contributed by atoms with Crippen molar-refractivity contribution in [3.05, 3.63) is 6.07 Å². The van der Waals surface area contributed by atoms with Crippen molar-refractivity contribution in [2.45, 2.75) is 19.0 Å². The van der Waals surface area contributed by atoms with Crippen LogP contribution in [0.4, 0.5) is 11.6 Å². The Kier molecular flexibility index (Phi) is 4.87. The molecule has 0 saturated carbocycles. The first-order valence-electron chi connectivity index (χ1n) is 6.74. The van der Waals surface area contributed by atoms with Gasteiger partial charge in [0.15, 0.2) is 5.16 Å². The predicted octanol–water partition coefficient (Wildman–Crippen LogP) is 1.56. The Morgan fingerprint density at radius 1 is 1.26 bits per heavy atom. The summed E-state index contributed by atoms with van der Waals surface area (Å²) in [5.74, 6) is 2.24. The highest BCUT2D eigenvalue weighted by atomic mass is 32.2. The van der Waals surface area contributed by atoms with Crippen molar-refractivity contribution in [2.24, 2.45) is 5.92 Å². The van der Waals surface area contributed by atoms with Crippen molar-refractivity contribution in [2.75, 3.05) is 49.6 Å². The largest absolute Gasteiger partial charge is 0.383 e. The summed E-state index contributed by atoms with van der Waals surface area (Å²) in [6, 6.07) is 1.87. The molecule has 0 spiro atoms. The number of aromatic nitrogens is 2. The molecule has 1 aromatic heterocycles. The van der Waals surface area contributed by atoms with Crippen LogP contribution in [0.15, 0.2) is 11.2 Å². The Balaban J connectivity index is 1.99. The zero-order chi connectivity index (χ0) is 13.8. The molecule has 2 N–H and O–H groups in total. The van der Waals surface area contributed by atoms with Crippen LogP contribution in [-0.2, 0) is 0 Å². The zero-order valence-electron chi connectivity index (χ0n) is 12.0. The zero-order valence-corrected chi connectivity index (χ0v) is 12.8. The fraction of sp³-hybridized carbons (Fsp3) is 0.692. The molecule has 2 heterocycles. The number of hydrogen-bond acceptors (Lipinski definition) is 6. The molecule has 1 fully saturated rings. The number of nitrogens with two attached hydrogens (primary N) is 1. The molecule has 0 radical (unpaired) electrons. The van der Waals surface area contributed by atoms with Gasteiger partial charge < -0.3 is 10.6 Å². The van der Waals surface area contributed by atoms with Crippen molar-refractivity contribution in [1.82, 2.24) is 14.9 Å². The van der Waals surface area contributed by atoms with Crippen molar-refractivity contribution < 1.29 is 0 Å². The van der Waals surface area contributed by atoms with Crippen LogP contribution in [0.3, 0.4) is 0 Å². The lowest BCUT2D eigenvalue weighted by Gasteiger charge is -2.36. The van der Waals surface area contributed by atoms with Crippen LogP contribution in [0.25, 0.3) is 0 Å². The van der Waals surface area contributed by atoms with Gasteiger partial charge >= 0.3 is 0 Å². The summed E-state index contributed by atoms with van der Waals surface area (Å²) in [6.45, 7) is 9.92. The molecule has 1 aliphatic rings. The second kappa shape index (κ2) is 6.43. The topological polar surface area (TPSA) is 58.3 Å². The van der Waals surface area contributed by atoms with Crippen LogP contribution in [-0.4, -0.2) is 53.8 Å². The quantitative estimate of drug-likeness (QED) is 0.667. The van der Waals surface area contributed by atoms with E-state index in [1.165, 1.54) is 18.3 Å². The van der Waals surface area contributed by atoms with Crippen molar-refractivity contribution in [3.8, 4) is 0 Å². The molecule has 0 aromatic carbocycles. The van der Waals surface area contributed by atoms with E-state index in [4.69, 9.17) is 5.73 Å². The van der Waals surface area contributed by atoms with Gasteiger partial charge in [0.2, 0.25) is 0 Å². The molecule has 19 heavy (non-hydrogen) atoms. The Morgan fingerprint density at radius 3 is 2.53 bits per heavy atom. The number of nitrogens with zero attached hydrogens (tertiary/aromatic N) is 4.